The van der Waals surface area contributed by atoms with Crippen LogP contribution in [0.2, 0.25) is 0 Å². The number of hydrogen-bond donors (Lipinski definition) is 2. The molecule has 13 heavy (non-hydrogen) atoms. The van der Waals surface area contributed by atoms with Gasteiger partial charge in [-0.15, -0.1) is 0 Å². The van der Waals surface area contributed by atoms with Gasteiger partial charge >= 0.3 is 17.1 Å². The average Bonchev–Trinajstić information content (AvgIpc) is 1.12. The fourth-order valence-electron chi connectivity index (χ4n) is 0. The largest absolute Gasteiger partial charge is 2.00 e. The summed E-state index contributed by atoms with van der Waals surface area (Å²) < 4.78 is 68.2. The van der Waals surface area contributed by atoms with Crippen LogP contribution in [0.25, 0.3) is 0 Å². The third-order valence-electron chi connectivity index (χ3n) is 0. The Labute approximate surface area is 85.5 Å². The van der Waals surface area contributed by atoms with E-state index in [0.717, 1.165) is 0 Å². The molecule has 0 rings (SSSR count). The maximum absolute atomic E-state index is 8.52. The molecular formula is H6FeN2O8S2-2. The molecule has 0 amide bonds. The number of hydrogen-bond acceptors (Lipinski definition) is 10. The predicted molar refractivity (Wildman–Crippen MR) is 31.0 cm³/mol. The van der Waals surface area contributed by atoms with E-state index in [1.54, 1.807) is 0 Å². The van der Waals surface area contributed by atoms with Gasteiger partial charge in [0.05, 0.1) is 0 Å². The van der Waals surface area contributed by atoms with Crippen LogP contribution < -0.4 is 12.3 Å². The van der Waals surface area contributed by atoms with E-state index >= 15 is 0 Å². The van der Waals surface area contributed by atoms with Crippen molar-refractivity contribution in [1.82, 2.24) is 12.3 Å². The van der Waals surface area contributed by atoms with Crippen molar-refractivity contribution >= 4 is 20.8 Å². The molecule has 0 saturated carbocycles. The second kappa shape index (κ2) is 10.3. The molecule has 0 bridgehead atoms. The van der Waals surface area contributed by atoms with Crippen molar-refractivity contribution < 1.29 is 52.1 Å². The van der Waals surface area contributed by atoms with Crippen molar-refractivity contribution in [2.45, 2.75) is 0 Å². The third kappa shape index (κ3) is 39200. The summed E-state index contributed by atoms with van der Waals surface area (Å²) in [4.78, 5) is 0. The maximum atomic E-state index is 8.52. The number of rotatable bonds is 0. The molecule has 10 nitrogen and oxygen atoms in total. The molecule has 13 heteroatoms. The van der Waals surface area contributed by atoms with E-state index in [2.05, 4.69) is 0 Å². The van der Waals surface area contributed by atoms with Gasteiger partial charge in [-0.2, -0.15) is 0 Å². The molecule has 0 radical (unpaired) electrons. The summed E-state index contributed by atoms with van der Waals surface area (Å²) >= 11 is 0. The Bertz CT molecular complexity index is 217. The molecule has 0 aliphatic heterocycles. The minimum atomic E-state index is -5.17. The van der Waals surface area contributed by atoms with Crippen LogP contribution >= 0.6 is 0 Å². The molecule has 86 valence electrons. The molecule has 6 N–H and O–H groups in total. The van der Waals surface area contributed by atoms with Crippen LogP contribution in [0.1, 0.15) is 0 Å². The van der Waals surface area contributed by atoms with Gasteiger partial charge in [0.2, 0.25) is 0 Å². The second-order valence-electron chi connectivity index (χ2n) is 0.816. The quantitative estimate of drug-likeness (QED) is 0.272. The molecule has 0 fully saturated rings. The van der Waals surface area contributed by atoms with Gasteiger partial charge in [-0.3, -0.25) is 16.8 Å². The fourth-order valence-corrected chi connectivity index (χ4v) is 0. The standard InChI is InChI=1S/Fe.2H3N.2H2O4S/c;;;2*1-5(2,3)4/h;2*1H3;2*(H2,1,2,3,4)/q+2;;;;/p-4. The van der Waals surface area contributed by atoms with E-state index in [1.165, 1.54) is 0 Å². The van der Waals surface area contributed by atoms with Crippen molar-refractivity contribution in [2.75, 3.05) is 0 Å². The summed E-state index contributed by atoms with van der Waals surface area (Å²) in [6, 6.07) is 0. The van der Waals surface area contributed by atoms with Gasteiger partial charge in [0.15, 0.2) is 0 Å². The Hall–Kier alpha value is 0.179. The zero-order valence-electron chi connectivity index (χ0n) is 5.85. The van der Waals surface area contributed by atoms with Crippen LogP contribution in [-0.2, 0) is 37.9 Å². The van der Waals surface area contributed by atoms with E-state index in [-0.39, 0.29) is 29.4 Å². The van der Waals surface area contributed by atoms with Crippen molar-refractivity contribution in [3.8, 4) is 0 Å². The van der Waals surface area contributed by atoms with Crippen molar-refractivity contribution in [3.63, 3.8) is 0 Å². The molecule has 0 aliphatic carbocycles. The smallest absolute Gasteiger partial charge is 0.759 e. The molecule has 0 aromatic heterocycles. The van der Waals surface area contributed by atoms with Gasteiger partial charge in [-0.25, -0.2) is 0 Å². The van der Waals surface area contributed by atoms with Crippen LogP contribution in [0.4, 0.5) is 0 Å². The first kappa shape index (κ1) is 29.2. The average molecular weight is 282 g/mol. The van der Waals surface area contributed by atoms with Crippen LogP contribution in [-0.4, -0.2) is 35.0 Å². The van der Waals surface area contributed by atoms with Crippen molar-refractivity contribution in [1.29, 1.82) is 0 Å². The van der Waals surface area contributed by atoms with E-state index < -0.39 is 20.8 Å². The first-order valence-electron chi connectivity index (χ1n) is 1.33. The second-order valence-corrected chi connectivity index (χ2v) is 2.45. The molecule has 0 spiro atoms. The SMILES string of the molecule is N.N.O=S(=O)([O-])[O-].O=S(=O)([O-])[O-].[Fe+2]. The summed E-state index contributed by atoms with van der Waals surface area (Å²) in [6.07, 6.45) is 0. The fraction of sp³-hybridized carbons (Fsp3) is 0. The molecule has 0 atom stereocenters. The minimum absolute atomic E-state index is 0. The van der Waals surface area contributed by atoms with Crippen LogP contribution in [0.5, 0.6) is 0 Å². The summed E-state index contributed by atoms with van der Waals surface area (Å²) in [7, 11) is -10.3. The summed E-state index contributed by atoms with van der Waals surface area (Å²) in [6.45, 7) is 0. The maximum Gasteiger partial charge on any atom is 2.00 e. The van der Waals surface area contributed by atoms with Crippen molar-refractivity contribution in [2.24, 2.45) is 0 Å². The van der Waals surface area contributed by atoms with E-state index in [4.69, 9.17) is 35.0 Å². The Morgan fingerprint density at radius 3 is 0.615 bits per heavy atom. The Kier molecular flexibility index (Phi) is 23.1. The van der Waals surface area contributed by atoms with E-state index in [0.29, 0.717) is 0 Å². The first-order valence-corrected chi connectivity index (χ1v) is 4.00. The normalized spacial score (nSPS) is 8.92. The summed E-state index contributed by atoms with van der Waals surface area (Å²) in [5, 5.41) is 0. The van der Waals surface area contributed by atoms with E-state index in [1.807, 2.05) is 0 Å². The van der Waals surface area contributed by atoms with Gasteiger partial charge in [0, 0.05) is 20.8 Å². The molecular weight excluding hydrogens is 276 g/mol. The van der Waals surface area contributed by atoms with Gasteiger partial charge in [0.1, 0.15) is 0 Å². The van der Waals surface area contributed by atoms with Gasteiger partial charge in [-0.1, -0.05) is 0 Å². The summed E-state index contributed by atoms with van der Waals surface area (Å²) in [5.41, 5.74) is 0. The molecule has 0 saturated heterocycles. The van der Waals surface area contributed by atoms with Crippen molar-refractivity contribution in [3.05, 3.63) is 0 Å². The van der Waals surface area contributed by atoms with Crippen LogP contribution in [0.15, 0.2) is 0 Å². The molecule has 0 aliphatic rings. The third-order valence-corrected chi connectivity index (χ3v) is 0. The van der Waals surface area contributed by atoms with E-state index in [9.17, 15) is 0 Å². The molecule has 0 heterocycles. The molecule has 0 aromatic rings. The van der Waals surface area contributed by atoms with Gasteiger partial charge in [-0.05, 0) is 0 Å². The predicted octanol–water partition coefficient (Wildman–Crippen LogP) is -2.35. The van der Waals surface area contributed by atoms with Crippen LogP contribution in [0, 0.1) is 0 Å². The Balaban J connectivity index is -0.0000000267. The Morgan fingerprint density at radius 1 is 0.615 bits per heavy atom. The minimum Gasteiger partial charge on any atom is -0.759 e. The molecule has 0 unspecified atom stereocenters. The monoisotopic (exact) mass is 282 g/mol. The zero-order chi connectivity index (χ0) is 9.00. The zero-order valence-corrected chi connectivity index (χ0v) is 8.59. The summed E-state index contributed by atoms with van der Waals surface area (Å²) in [5.74, 6) is 0. The van der Waals surface area contributed by atoms with Gasteiger partial charge in [0.25, 0.3) is 0 Å². The first-order chi connectivity index (χ1) is 4.00. The topological polar surface area (TPSA) is 231 Å². The molecule has 0 aromatic carbocycles. The van der Waals surface area contributed by atoms with Gasteiger partial charge < -0.3 is 30.5 Å². The van der Waals surface area contributed by atoms with Crippen LogP contribution in [0.3, 0.4) is 0 Å². The Morgan fingerprint density at radius 2 is 0.615 bits per heavy atom.